The highest BCUT2D eigenvalue weighted by Gasteiger charge is 2.24. The Hall–Kier alpha value is -2.74. The van der Waals surface area contributed by atoms with Crippen LogP contribution in [-0.4, -0.2) is 59.3 Å². The van der Waals surface area contributed by atoms with E-state index in [2.05, 4.69) is 15.2 Å². The van der Waals surface area contributed by atoms with Crippen molar-refractivity contribution >= 4 is 30.0 Å². The molecule has 1 unspecified atom stereocenters. The lowest BCUT2D eigenvalue weighted by molar-refractivity contribution is -0.169. The van der Waals surface area contributed by atoms with Gasteiger partial charge in [0.1, 0.15) is 13.1 Å². The van der Waals surface area contributed by atoms with E-state index in [1.54, 1.807) is 13.8 Å². The molecule has 2 N–H and O–H groups in total. The summed E-state index contributed by atoms with van der Waals surface area (Å²) in [5, 5.41) is 14.5. The van der Waals surface area contributed by atoms with Crippen molar-refractivity contribution in [3.63, 3.8) is 0 Å². The number of carboxylic acids is 1. The smallest absolute Gasteiger partial charge is 0.410 e. The Morgan fingerprint density at radius 2 is 1.83 bits per heavy atom. The fourth-order valence-corrected chi connectivity index (χ4v) is 1.38. The summed E-state index contributed by atoms with van der Waals surface area (Å²) >= 11 is 0. The van der Waals surface area contributed by atoms with E-state index in [1.165, 1.54) is 14.0 Å². The van der Waals surface area contributed by atoms with Gasteiger partial charge in [-0.25, -0.2) is 9.59 Å². The molecule has 0 aliphatic heterocycles. The second-order valence-corrected chi connectivity index (χ2v) is 5.05. The lowest BCUT2D eigenvalue weighted by atomic mass is 10.1. The van der Waals surface area contributed by atoms with Gasteiger partial charge in [-0.1, -0.05) is 13.8 Å². The standard InChI is InChI=1S/C14H21N3O7/c1-8(2)13(21)23-9(3)24-14(22)17-11(12(19)20)6-5-10(18)7-16-15-4/h7-9,11H,5-6H2,1-4H3,(H-,17,19,20,22)/p+1/t9?,11-/m0/s1. The van der Waals surface area contributed by atoms with Crippen LogP contribution in [0, 0.1) is 5.92 Å². The number of ketones is 1. The lowest BCUT2D eigenvalue weighted by Gasteiger charge is -2.18. The van der Waals surface area contributed by atoms with Crippen molar-refractivity contribution < 1.29 is 38.5 Å². The summed E-state index contributed by atoms with van der Waals surface area (Å²) in [6.07, 6.45) is -1.58. The summed E-state index contributed by atoms with van der Waals surface area (Å²) < 4.78 is 9.56. The third-order valence-electron chi connectivity index (χ3n) is 2.61. The van der Waals surface area contributed by atoms with Crippen LogP contribution in [0.25, 0.3) is 0 Å². The van der Waals surface area contributed by atoms with Gasteiger partial charge in [0.25, 0.3) is 0 Å². The number of carbonyl (C=O) groups excluding carboxylic acids is 3. The van der Waals surface area contributed by atoms with E-state index >= 15 is 0 Å². The van der Waals surface area contributed by atoms with Gasteiger partial charge in [0.05, 0.1) is 15.8 Å². The quantitative estimate of drug-likeness (QED) is 0.203. The predicted octanol–water partition coefficient (Wildman–Crippen LogP) is 0.421. The summed E-state index contributed by atoms with van der Waals surface area (Å²) in [5.74, 6) is -2.71. The van der Waals surface area contributed by atoms with Gasteiger partial charge in [0.2, 0.25) is 12.1 Å². The van der Waals surface area contributed by atoms with Gasteiger partial charge >= 0.3 is 24.2 Å². The first-order valence-electron chi connectivity index (χ1n) is 7.22. The molecule has 0 heterocycles. The molecule has 0 aromatic heterocycles. The molecule has 0 aromatic carbocycles. The zero-order chi connectivity index (χ0) is 18.7. The summed E-state index contributed by atoms with van der Waals surface area (Å²) in [6.45, 7) is 4.55. The number of amides is 1. The topological polar surface area (TPSA) is 145 Å². The fraction of sp³-hybridized carbons (Fsp3) is 0.643. The minimum atomic E-state index is -1.33. The van der Waals surface area contributed by atoms with Crippen molar-refractivity contribution in [3.8, 4) is 0 Å². The number of alkyl carbamates (subject to hydrolysis) is 1. The molecule has 0 bridgehead atoms. The molecule has 0 saturated carbocycles. The molecule has 0 aromatic rings. The highest BCUT2D eigenvalue weighted by atomic mass is 16.7. The maximum Gasteiger partial charge on any atom is 0.410 e. The fourth-order valence-electron chi connectivity index (χ4n) is 1.38. The highest BCUT2D eigenvalue weighted by Crippen LogP contribution is 2.04. The molecule has 10 nitrogen and oxygen atoms in total. The van der Waals surface area contributed by atoms with E-state index in [4.69, 9.17) is 14.6 Å². The highest BCUT2D eigenvalue weighted by molar-refractivity contribution is 6.25. The summed E-state index contributed by atoms with van der Waals surface area (Å²) in [6, 6.07) is -1.33. The average molecular weight is 344 g/mol. The summed E-state index contributed by atoms with van der Waals surface area (Å²) in [4.78, 5) is 48.8. The summed E-state index contributed by atoms with van der Waals surface area (Å²) in [7, 11) is 1.38. The number of Topliss-reactive ketones (excluding diaryl/α,β-unsaturated/α-hetero) is 1. The molecule has 0 fully saturated rings. The molecule has 0 rings (SSSR count). The Bertz CT molecular complexity index is 538. The molecular weight excluding hydrogens is 322 g/mol. The Morgan fingerprint density at radius 3 is 2.33 bits per heavy atom. The van der Waals surface area contributed by atoms with Crippen molar-refractivity contribution in [3.05, 3.63) is 0 Å². The number of hydrogen-bond acceptors (Lipinski definition) is 7. The van der Waals surface area contributed by atoms with Crippen LogP contribution in [-0.2, 0) is 23.9 Å². The second kappa shape index (κ2) is 10.9. The first-order chi connectivity index (χ1) is 11.2. The van der Waals surface area contributed by atoms with Crippen LogP contribution in [0.2, 0.25) is 0 Å². The molecule has 0 radical (unpaired) electrons. The van der Waals surface area contributed by atoms with Gasteiger partial charge < -0.3 is 19.9 Å². The van der Waals surface area contributed by atoms with E-state index in [0.717, 1.165) is 6.21 Å². The first-order valence-corrected chi connectivity index (χ1v) is 7.22. The van der Waals surface area contributed by atoms with Crippen LogP contribution in [0.15, 0.2) is 5.11 Å². The maximum absolute atomic E-state index is 11.6. The predicted molar refractivity (Wildman–Crippen MR) is 80.3 cm³/mol. The number of carboxylic acid groups (broad SMARTS) is 1. The van der Waals surface area contributed by atoms with Crippen molar-refractivity contribution in [2.75, 3.05) is 7.05 Å². The number of rotatable bonds is 9. The van der Waals surface area contributed by atoms with E-state index in [-0.39, 0.29) is 12.8 Å². The monoisotopic (exact) mass is 344 g/mol. The molecule has 10 heteroatoms. The van der Waals surface area contributed by atoms with Crippen LogP contribution in [0.4, 0.5) is 4.79 Å². The molecule has 134 valence electrons. The van der Waals surface area contributed by atoms with E-state index in [1.807, 2.05) is 0 Å². The van der Waals surface area contributed by atoms with Crippen molar-refractivity contribution in [1.82, 2.24) is 5.32 Å². The minimum absolute atomic E-state index is 0.145. The van der Waals surface area contributed by atoms with Gasteiger partial charge in [-0.3, -0.25) is 9.59 Å². The number of esters is 1. The maximum atomic E-state index is 11.6. The normalized spacial score (nSPS) is 12.4. The van der Waals surface area contributed by atoms with Crippen molar-refractivity contribution in [2.24, 2.45) is 11.0 Å². The van der Waals surface area contributed by atoms with Gasteiger partial charge in [0, 0.05) is 13.3 Å². The number of aliphatic carboxylic acids is 1. The molecule has 0 aliphatic rings. The molecule has 0 saturated heterocycles. The molecule has 0 aliphatic carbocycles. The molecule has 1 amide bonds. The van der Waals surface area contributed by atoms with E-state index < -0.39 is 42.1 Å². The van der Waals surface area contributed by atoms with Gasteiger partial charge in [0.15, 0.2) is 0 Å². The van der Waals surface area contributed by atoms with Crippen LogP contribution < -0.4 is 5.32 Å². The SMILES string of the molecule is CN=[N+]=CC(=O)CC[C@H](NC(=O)OC(C)OC(=O)C(C)C)C(=O)O. The molecule has 0 spiro atoms. The Morgan fingerprint density at radius 1 is 1.21 bits per heavy atom. The number of hydrogen-bond donors (Lipinski definition) is 2. The average Bonchev–Trinajstić information content (AvgIpc) is 2.48. The third-order valence-corrected chi connectivity index (χ3v) is 2.61. The van der Waals surface area contributed by atoms with Gasteiger partial charge in [-0.15, -0.1) is 0 Å². The second-order valence-electron chi connectivity index (χ2n) is 5.05. The number of carbonyl (C=O) groups is 4. The largest absolute Gasteiger partial charge is 0.480 e. The summed E-state index contributed by atoms with van der Waals surface area (Å²) in [5.41, 5.74) is 0. The lowest BCUT2D eigenvalue weighted by Crippen LogP contribution is -2.42. The molecule has 24 heavy (non-hydrogen) atoms. The molecular formula is C14H22N3O7+. The minimum Gasteiger partial charge on any atom is -0.480 e. The number of nitrogens with one attached hydrogen (secondary N) is 1. The van der Waals surface area contributed by atoms with Crippen LogP contribution in [0.3, 0.4) is 0 Å². The first kappa shape index (κ1) is 21.3. The van der Waals surface area contributed by atoms with Crippen LogP contribution in [0.1, 0.15) is 33.6 Å². The van der Waals surface area contributed by atoms with Gasteiger partial charge in [-0.2, -0.15) is 0 Å². The Labute approximate surface area is 138 Å². The third kappa shape index (κ3) is 9.31. The van der Waals surface area contributed by atoms with Crippen molar-refractivity contribution in [1.29, 1.82) is 0 Å². The number of ether oxygens (including phenoxy) is 2. The van der Waals surface area contributed by atoms with E-state index in [0.29, 0.717) is 0 Å². The van der Waals surface area contributed by atoms with Gasteiger partial charge in [-0.05, 0) is 6.42 Å². The van der Waals surface area contributed by atoms with Crippen LogP contribution >= 0.6 is 0 Å². The number of nitrogens with zero attached hydrogens (tertiary/aromatic N) is 2. The zero-order valence-corrected chi connectivity index (χ0v) is 14.0. The van der Waals surface area contributed by atoms with Crippen LogP contribution in [0.5, 0.6) is 0 Å². The Kier molecular flexibility index (Phi) is 9.65. The molecule has 2 atom stereocenters. The zero-order valence-electron chi connectivity index (χ0n) is 14.0. The Balaban J connectivity index is 4.48. The van der Waals surface area contributed by atoms with E-state index in [9.17, 15) is 19.2 Å². The van der Waals surface area contributed by atoms with Crippen molar-refractivity contribution in [2.45, 2.75) is 45.9 Å².